The van der Waals surface area contributed by atoms with E-state index in [0.29, 0.717) is 12.1 Å². The van der Waals surface area contributed by atoms with Crippen LogP contribution in [0.4, 0.5) is 5.69 Å². The summed E-state index contributed by atoms with van der Waals surface area (Å²) < 4.78 is 6.01. The van der Waals surface area contributed by atoms with Crippen LogP contribution in [-0.2, 0) is 0 Å². The molecule has 3 nitrogen and oxygen atoms in total. The van der Waals surface area contributed by atoms with E-state index < -0.39 is 0 Å². The smallest absolute Gasteiger partial charge is 0.170 e. The SMILES string of the molecule is S=C(Nc1ccc(OC2CCCC2)cc1)NC1CCCCCCC1. The monoisotopic (exact) mass is 346 g/mol. The third kappa shape index (κ3) is 5.66. The van der Waals surface area contributed by atoms with Crippen molar-refractivity contribution in [2.24, 2.45) is 0 Å². The van der Waals surface area contributed by atoms with E-state index in [4.69, 9.17) is 17.0 Å². The van der Waals surface area contributed by atoms with Crippen LogP contribution in [-0.4, -0.2) is 17.3 Å². The third-order valence-electron chi connectivity index (χ3n) is 5.16. The molecule has 1 aromatic rings. The highest BCUT2D eigenvalue weighted by atomic mass is 32.1. The van der Waals surface area contributed by atoms with E-state index in [-0.39, 0.29) is 0 Å². The molecule has 0 heterocycles. The van der Waals surface area contributed by atoms with E-state index in [1.54, 1.807) is 0 Å². The first-order chi connectivity index (χ1) is 11.8. The number of hydrogen-bond acceptors (Lipinski definition) is 2. The molecule has 2 saturated carbocycles. The van der Waals surface area contributed by atoms with Crippen molar-refractivity contribution >= 4 is 23.0 Å². The molecule has 2 N–H and O–H groups in total. The van der Waals surface area contributed by atoms with Crippen LogP contribution in [0.3, 0.4) is 0 Å². The lowest BCUT2D eigenvalue weighted by Gasteiger charge is -2.23. The van der Waals surface area contributed by atoms with E-state index in [1.165, 1.54) is 70.6 Å². The number of ether oxygens (including phenoxy) is 1. The lowest BCUT2D eigenvalue weighted by molar-refractivity contribution is 0.210. The van der Waals surface area contributed by atoms with E-state index in [1.807, 2.05) is 12.1 Å². The van der Waals surface area contributed by atoms with Gasteiger partial charge < -0.3 is 15.4 Å². The molecule has 3 rings (SSSR count). The molecule has 0 atom stereocenters. The standard InChI is InChI=1S/C20H30N2OS/c24-20(21-16-8-4-2-1-3-5-9-16)22-17-12-14-19(15-13-17)23-18-10-6-7-11-18/h12-16,18H,1-11H2,(H2,21,22,24). The Kier molecular flexibility index (Phi) is 6.76. The van der Waals surface area contributed by atoms with Crippen molar-refractivity contribution in [3.8, 4) is 5.75 Å². The molecule has 2 aliphatic carbocycles. The Morgan fingerprint density at radius 2 is 1.42 bits per heavy atom. The van der Waals surface area contributed by atoms with Gasteiger partial charge in [-0.2, -0.15) is 0 Å². The summed E-state index contributed by atoms with van der Waals surface area (Å²) in [6.07, 6.45) is 14.6. The zero-order chi connectivity index (χ0) is 16.6. The number of rotatable bonds is 4. The molecule has 2 aliphatic rings. The first-order valence-electron chi connectivity index (χ1n) is 9.64. The molecular weight excluding hydrogens is 316 g/mol. The normalized spacial score (nSPS) is 20.2. The zero-order valence-electron chi connectivity index (χ0n) is 14.6. The van der Waals surface area contributed by atoms with Crippen molar-refractivity contribution in [3.05, 3.63) is 24.3 Å². The Morgan fingerprint density at radius 1 is 0.833 bits per heavy atom. The third-order valence-corrected chi connectivity index (χ3v) is 5.38. The summed E-state index contributed by atoms with van der Waals surface area (Å²) in [4.78, 5) is 0. The highest BCUT2D eigenvalue weighted by molar-refractivity contribution is 7.80. The fraction of sp³-hybridized carbons (Fsp3) is 0.650. The number of nitrogens with one attached hydrogen (secondary N) is 2. The molecule has 24 heavy (non-hydrogen) atoms. The van der Waals surface area contributed by atoms with Gasteiger partial charge in [-0.15, -0.1) is 0 Å². The van der Waals surface area contributed by atoms with Crippen LogP contribution in [0.5, 0.6) is 5.75 Å². The van der Waals surface area contributed by atoms with Crippen LogP contribution in [0.15, 0.2) is 24.3 Å². The van der Waals surface area contributed by atoms with Crippen LogP contribution in [0.25, 0.3) is 0 Å². The predicted octanol–water partition coefficient (Wildman–Crippen LogP) is 5.41. The summed E-state index contributed by atoms with van der Waals surface area (Å²) >= 11 is 5.49. The molecule has 0 unspecified atom stereocenters. The average Bonchev–Trinajstić information content (AvgIpc) is 3.05. The van der Waals surface area contributed by atoms with Gasteiger partial charge in [0.2, 0.25) is 0 Å². The van der Waals surface area contributed by atoms with Gasteiger partial charge in [-0.25, -0.2) is 0 Å². The van der Waals surface area contributed by atoms with Gasteiger partial charge in [0.05, 0.1) is 6.10 Å². The number of hydrogen-bond donors (Lipinski definition) is 2. The van der Waals surface area contributed by atoms with Gasteiger partial charge in [0.1, 0.15) is 5.75 Å². The van der Waals surface area contributed by atoms with Gasteiger partial charge in [-0.3, -0.25) is 0 Å². The lowest BCUT2D eigenvalue weighted by atomic mass is 9.97. The van der Waals surface area contributed by atoms with Crippen LogP contribution in [0.1, 0.15) is 70.6 Å². The maximum Gasteiger partial charge on any atom is 0.170 e. The van der Waals surface area contributed by atoms with Gasteiger partial charge in [0, 0.05) is 11.7 Å². The molecule has 2 fully saturated rings. The summed E-state index contributed by atoms with van der Waals surface area (Å²) in [5.74, 6) is 0.964. The molecule has 0 aromatic heterocycles. The van der Waals surface area contributed by atoms with Crippen molar-refractivity contribution in [2.75, 3.05) is 5.32 Å². The second-order valence-electron chi connectivity index (χ2n) is 7.19. The Labute approximate surface area is 151 Å². The quantitative estimate of drug-likeness (QED) is 0.715. The Hall–Kier alpha value is -1.29. The maximum atomic E-state index is 6.01. The molecule has 0 bridgehead atoms. The highest BCUT2D eigenvalue weighted by Crippen LogP contribution is 2.25. The molecular formula is C20H30N2OS. The number of thiocarbonyl (C=S) groups is 1. The fourth-order valence-electron chi connectivity index (χ4n) is 3.77. The molecule has 0 spiro atoms. The fourth-order valence-corrected chi connectivity index (χ4v) is 4.05. The minimum Gasteiger partial charge on any atom is -0.490 e. The van der Waals surface area contributed by atoms with Crippen molar-refractivity contribution in [1.82, 2.24) is 5.32 Å². The topological polar surface area (TPSA) is 33.3 Å². The van der Waals surface area contributed by atoms with E-state index in [2.05, 4.69) is 22.8 Å². The molecule has 0 radical (unpaired) electrons. The van der Waals surface area contributed by atoms with Crippen molar-refractivity contribution in [3.63, 3.8) is 0 Å². The minimum atomic E-state index is 0.408. The highest BCUT2D eigenvalue weighted by Gasteiger charge is 2.16. The summed E-state index contributed by atoms with van der Waals surface area (Å²) in [5, 5.41) is 7.55. The molecule has 1 aromatic carbocycles. The Bertz CT molecular complexity index is 503. The van der Waals surface area contributed by atoms with Gasteiger partial charge in [0.25, 0.3) is 0 Å². The second kappa shape index (κ2) is 9.26. The van der Waals surface area contributed by atoms with Gasteiger partial charge in [-0.05, 0) is 75.0 Å². The van der Waals surface area contributed by atoms with Crippen LogP contribution in [0, 0.1) is 0 Å². The van der Waals surface area contributed by atoms with Crippen molar-refractivity contribution in [1.29, 1.82) is 0 Å². The van der Waals surface area contributed by atoms with Crippen molar-refractivity contribution in [2.45, 2.75) is 82.8 Å². The van der Waals surface area contributed by atoms with E-state index in [0.717, 1.165) is 16.5 Å². The maximum absolute atomic E-state index is 6.01. The largest absolute Gasteiger partial charge is 0.490 e. The average molecular weight is 347 g/mol. The molecule has 0 aliphatic heterocycles. The second-order valence-corrected chi connectivity index (χ2v) is 7.60. The molecule has 4 heteroatoms. The van der Waals surface area contributed by atoms with Gasteiger partial charge in [-0.1, -0.05) is 32.1 Å². The van der Waals surface area contributed by atoms with Crippen LogP contribution in [0.2, 0.25) is 0 Å². The van der Waals surface area contributed by atoms with Gasteiger partial charge >= 0.3 is 0 Å². The minimum absolute atomic E-state index is 0.408. The number of anilines is 1. The molecule has 0 amide bonds. The van der Waals surface area contributed by atoms with Crippen molar-refractivity contribution < 1.29 is 4.74 Å². The lowest BCUT2D eigenvalue weighted by Crippen LogP contribution is -2.38. The molecule has 132 valence electrons. The first-order valence-corrected chi connectivity index (χ1v) is 10.0. The van der Waals surface area contributed by atoms with E-state index in [9.17, 15) is 0 Å². The van der Waals surface area contributed by atoms with E-state index >= 15 is 0 Å². The summed E-state index contributed by atoms with van der Waals surface area (Å²) in [6, 6.07) is 8.71. The van der Waals surface area contributed by atoms with Crippen LogP contribution < -0.4 is 15.4 Å². The zero-order valence-corrected chi connectivity index (χ0v) is 15.4. The summed E-state index contributed by atoms with van der Waals surface area (Å²) in [7, 11) is 0. The Balaban J connectivity index is 1.45. The summed E-state index contributed by atoms with van der Waals surface area (Å²) in [5.41, 5.74) is 1.03. The number of benzene rings is 1. The summed E-state index contributed by atoms with van der Waals surface area (Å²) in [6.45, 7) is 0. The van der Waals surface area contributed by atoms with Crippen LogP contribution >= 0.6 is 12.2 Å². The van der Waals surface area contributed by atoms with Gasteiger partial charge in [0.15, 0.2) is 5.11 Å². The Morgan fingerprint density at radius 3 is 2.08 bits per heavy atom. The predicted molar refractivity (Wildman–Crippen MR) is 105 cm³/mol. The first kappa shape index (κ1) is 17.5. The molecule has 0 saturated heterocycles.